The van der Waals surface area contributed by atoms with Crippen LogP contribution in [0.1, 0.15) is 43.1 Å². The molecule has 0 atom stereocenters. The second-order valence-electron chi connectivity index (χ2n) is 8.61. The summed E-state index contributed by atoms with van der Waals surface area (Å²) in [5, 5.41) is 3.75. The molecule has 3 rings (SSSR count). The number of sulfonamides is 1. The van der Waals surface area contributed by atoms with E-state index >= 15 is 0 Å². The fourth-order valence-corrected chi connectivity index (χ4v) is 3.70. The predicted molar refractivity (Wildman–Crippen MR) is 127 cm³/mol. The molecule has 1 heterocycles. The molecule has 4 N–H and O–H groups in total. The Labute approximate surface area is 188 Å². The predicted octanol–water partition coefficient (Wildman–Crippen LogP) is 3.97. The lowest BCUT2D eigenvalue weighted by atomic mass is 10.0. The van der Waals surface area contributed by atoms with Crippen molar-refractivity contribution in [1.29, 1.82) is 0 Å². The van der Waals surface area contributed by atoms with Crippen molar-refractivity contribution in [3.8, 4) is 5.75 Å². The molecule has 0 aliphatic rings. The van der Waals surface area contributed by atoms with E-state index in [2.05, 4.69) is 10.0 Å². The molecule has 172 valence electrons. The molecule has 32 heavy (non-hydrogen) atoms. The number of anilines is 2. The van der Waals surface area contributed by atoms with E-state index in [-0.39, 0.29) is 11.3 Å². The smallest absolute Gasteiger partial charge is 0.229 e. The molecule has 0 saturated heterocycles. The van der Waals surface area contributed by atoms with E-state index < -0.39 is 10.0 Å². The number of furan rings is 1. The van der Waals surface area contributed by atoms with Crippen LogP contribution < -0.4 is 20.5 Å². The van der Waals surface area contributed by atoms with Crippen molar-refractivity contribution in [3.05, 3.63) is 53.6 Å². The highest BCUT2D eigenvalue weighted by Crippen LogP contribution is 2.35. The van der Waals surface area contributed by atoms with E-state index in [1.165, 1.54) is 0 Å². The lowest BCUT2D eigenvalue weighted by molar-refractivity contribution is 0.104. The number of ketones is 1. The van der Waals surface area contributed by atoms with Crippen molar-refractivity contribution in [2.45, 2.75) is 32.7 Å². The van der Waals surface area contributed by atoms with Crippen LogP contribution in [-0.2, 0) is 10.0 Å². The van der Waals surface area contributed by atoms with Crippen molar-refractivity contribution < 1.29 is 22.4 Å². The Morgan fingerprint density at radius 3 is 2.41 bits per heavy atom. The molecule has 0 aliphatic carbocycles. The highest BCUT2D eigenvalue weighted by molar-refractivity contribution is 7.92. The van der Waals surface area contributed by atoms with Crippen molar-refractivity contribution >= 4 is 38.3 Å². The molecule has 9 heteroatoms. The first kappa shape index (κ1) is 23.6. The number of nitrogens with one attached hydrogen (secondary N) is 2. The van der Waals surface area contributed by atoms with Crippen molar-refractivity contribution in [2.24, 2.45) is 5.73 Å². The van der Waals surface area contributed by atoms with Gasteiger partial charge in [-0.2, -0.15) is 0 Å². The van der Waals surface area contributed by atoms with Crippen LogP contribution in [0, 0.1) is 0 Å². The van der Waals surface area contributed by atoms with Crippen molar-refractivity contribution in [1.82, 2.24) is 0 Å². The van der Waals surface area contributed by atoms with Gasteiger partial charge in [0.05, 0.1) is 18.4 Å². The van der Waals surface area contributed by atoms with Crippen LogP contribution in [0.3, 0.4) is 0 Å². The van der Waals surface area contributed by atoms with Gasteiger partial charge in [-0.25, -0.2) is 8.42 Å². The maximum absolute atomic E-state index is 13.5. The minimum Gasteiger partial charge on any atom is -0.494 e. The number of hydrogen-bond acceptors (Lipinski definition) is 7. The van der Waals surface area contributed by atoms with Gasteiger partial charge in [0.25, 0.3) is 0 Å². The van der Waals surface area contributed by atoms with Crippen LogP contribution in [0.25, 0.3) is 11.0 Å². The van der Waals surface area contributed by atoms with Gasteiger partial charge in [-0.1, -0.05) is 0 Å². The Balaban J connectivity index is 2.03. The third kappa shape index (κ3) is 6.02. The maximum Gasteiger partial charge on any atom is 0.229 e. The fraction of sp³-hybridized carbons (Fsp3) is 0.348. The number of nitrogens with two attached hydrogens (primary N) is 1. The second kappa shape index (κ2) is 9.22. The van der Waals surface area contributed by atoms with Gasteiger partial charge in [0.15, 0.2) is 5.78 Å². The Bertz CT molecular complexity index is 1210. The molecular weight excluding hydrogens is 430 g/mol. The SMILES string of the molecule is CC(C)(C)Nc1oc2ccc(NS(C)(=O)=O)cc2c1C(=O)c1ccc(OCCCN)cc1. The van der Waals surface area contributed by atoms with Crippen molar-refractivity contribution in [2.75, 3.05) is 29.4 Å². The summed E-state index contributed by atoms with van der Waals surface area (Å²) in [6.45, 7) is 6.92. The van der Waals surface area contributed by atoms with E-state index in [0.717, 1.165) is 12.7 Å². The third-order valence-corrected chi connectivity index (χ3v) is 5.05. The highest BCUT2D eigenvalue weighted by Gasteiger charge is 2.25. The van der Waals surface area contributed by atoms with Crippen LogP contribution >= 0.6 is 0 Å². The molecule has 3 aromatic rings. The number of rotatable bonds is 9. The minimum atomic E-state index is -3.47. The Kier molecular flexibility index (Phi) is 6.80. The van der Waals surface area contributed by atoms with Gasteiger partial charge in [-0.05, 0) is 76.2 Å². The molecule has 2 aromatic carbocycles. The number of ether oxygens (including phenoxy) is 1. The largest absolute Gasteiger partial charge is 0.494 e. The van der Waals surface area contributed by atoms with Crippen LogP contribution in [0.15, 0.2) is 46.9 Å². The number of carbonyl (C=O) groups is 1. The van der Waals surface area contributed by atoms with E-state index in [1.54, 1.807) is 42.5 Å². The lowest BCUT2D eigenvalue weighted by Gasteiger charge is -2.20. The molecule has 0 radical (unpaired) electrons. The fourth-order valence-electron chi connectivity index (χ4n) is 3.15. The van der Waals surface area contributed by atoms with Gasteiger partial charge in [-0.3, -0.25) is 9.52 Å². The molecule has 0 fully saturated rings. The zero-order valence-corrected chi connectivity index (χ0v) is 19.5. The van der Waals surface area contributed by atoms with Gasteiger partial charge in [-0.15, -0.1) is 0 Å². The summed E-state index contributed by atoms with van der Waals surface area (Å²) in [6.07, 6.45) is 1.82. The monoisotopic (exact) mass is 459 g/mol. The van der Waals surface area contributed by atoms with Gasteiger partial charge < -0.3 is 20.2 Å². The third-order valence-electron chi connectivity index (χ3n) is 4.44. The number of benzene rings is 2. The molecular formula is C23H29N3O5S. The number of hydrogen-bond donors (Lipinski definition) is 3. The first-order chi connectivity index (χ1) is 15.0. The van der Waals surface area contributed by atoms with Crippen LogP contribution in [0.2, 0.25) is 0 Å². The summed E-state index contributed by atoms with van der Waals surface area (Å²) in [5.41, 5.74) is 6.73. The summed E-state index contributed by atoms with van der Waals surface area (Å²) in [6, 6.07) is 11.7. The normalized spacial score (nSPS) is 12.0. The number of fused-ring (bicyclic) bond motifs is 1. The maximum atomic E-state index is 13.5. The summed E-state index contributed by atoms with van der Waals surface area (Å²) < 4.78 is 37.3. The second-order valence-corrected chi connectivity index (χ2v) is 10.4. The Morgan fingerprint density at radius 2 is 1.81 bits per heavy atom. The number of carbonyl (C=O) groups excluding carboxylic acids is 1. The Hall–Kier alpha value is -3.04. The van der Waals surface area contributed by atoms with Gasteiger partial charge >= 0.3 is 0 Å². The van der Waals surface area contributed by atoms with Crippen LogP contribution in [0.5, 0.6) is 5.75 Å². The van der Waals surface area contributed by atoms with E-state index in [1.807, 2.05) is 20.8 Å². The Morgan fingerprint density at radius 1 is 1.12 bits per heavy atom. The molecule has 0 spiro atoms. The summed E-state index contributed by atoms with van der Waals surface area (Å²) >= 11 is 0. The van der Waals surface area contributed by atoms with Crippen LogP contribution in [-0.4, -0.2) is 39.1 Å². The standard InChI is InChI=1S/C23H29N3O5S/c1-23(2,3)25-22-20(18-14-16(26-32(4,28)29)8-11-19(18)31-22)21(27)15-6-9-17(10-7-15)30-13-5-12-24/h6-11,14,25-26H,5,12-13,24H2,1-4H3. The topological polar surface area (TPSA) is 124 Å². The average molecular weight is 460 g/mol. The molecule has 8 nitrogen and oxygen atoms in total. The lowest BCUT2D eigenvalue weighted by Crippen LogP contribution is -2.26. The minimum absolute atomic E-state index is 0.250. The summed E-state index contributed by atoms with van der Waals surface area (Å²) in [5.74, 6) is 0.734. The zero-order valence-electron chi connectivity index (χ0n) is 18.7. The van der Waals surface area contributed by atoms with E-state index in [0.29, 0.717) is 52.6 Å². The first-order valence-corrected chi connectivity index (χ1v) is 12.2. The highest BCUT2D eigenvalue weighted by atomic mass is 32.2. The molecule has 0 aliphatic heterocycles. The quantitative estimate of drug-likeness (QED) is 0.327. The van der Waals surface area contributed by atoms with Gasteiger partial charge in [0, 0.05) is 22.2 Å². The first-order valence-electron chi connectivity index (χ1n) is 10.3. The summed E-state index contributed by atoms with van der Waals surface area (Å²) in [7, 11) is -3.47. The van der Waals surface area contributed by atoms with Crippen LogP contribution in [0.4, 0.5) is 11.6 Å². The van der Waals surface area contributed by atoms with Gasteiger partial charge in [0.2, 0.25) is 15.9 Å². The van der Waals surface area contributed by atoms with Gasteiger partial charge in [0.1, 0.15) is 11.3 Å². The average Bonchev–Trinajstić information content (AvgIpc) is 3.02. The van der Waals surface area contributed by atoms with Crippen molar-refractivity contribution in [3.63, 3.8) is 0 Å². The molecule has 0 bridgehead atoms. The molecule has 0 unspecified atom stereocenters. The van der Waals surface area contributed by atoms with E-state index in [9.17, 15) is 13.2 Å². The molecule has 0 saturated carbocycles. The molecule has 0 amide bonds. The zero-order chi connectivity index (χ0) is 23.5. The molecule has 1 aromatic heterocycles. The summed E-state index contributed by atoms with van der Waals surface area (Å²) in [4.78, 5) is 13.5. The van der Waals surface area contributed by atoms with E-state index in [4.69, 9.17) is 14.9 Å².